The Kier molecular flexibility index (Phi) is 8.84. The first-order valence-corrected chi connectivity index (χ1v) is 12.7. The molecule has 2 fully saturated rings. The number of aliphatic carboxylic acids is 1. The van der Waals surface area contributed by atoms with Crippen LogP contribution in [0, 0.1) is 11.8 Å². The van der Waals surface area contributed by atoms with Gasteiger partial charge in [-0.2, -0.15) is 0 Å². The van der Waals surface area contributed by atoms with Crippen molar-refractivity contribution in [2.45, 2.75) is 62.0 Å². The molecule has 0 saturated carbocycles. The normalized spacial score (nSPS) is 24.8. The Labute approximate surface area is 189 Å². The third kappa shape index (κ3) is 6.88. The van der Waals surface area contributed by atoms with E-state index >= 15 is 0 Å². The van der Waals surface area contributed by atoms with E-state index in [1.54, 1.807) is 18.2 Å². The standard InChI is InChI=1S/C23H32N2O6S/c26-22(14-15-25-32(29,30)17-8-4-3-5-9-17)24-16-19-18(20-12-13-21(19)31-20)10-6-1-2-7-11-23(27)28/h1,3-6,8-9,18-21,25H,2,7,10-16H2,(H,24,26)(H,27,28)/b6-1-/t18-,19+,20-,21+/m1/s1. The van der Waals surface area contributed by atoms with Crippen molar-refractivity contribution < 1.29 is 27.9 Å². The number of unbranched alkanes of at least 4 members (excludes halogenated alkanes) is 1. The van der Waals surface area contributed by atoms with Crippen molar-refractivity contribution in [3.05, 3.63) is 42.5 Å². The number of rotatable bonds is 13. The second kappa shape index (κ2) is 11.6. The number of carbonyl (C=O) groups is 2. The highest BCUT2D eigenvalue weighted by atomic mass is 32.2. The SMILES string of the molecule is O=C(O)CCC/C=C\C[C@@H]1[C@H](CNC(=O)CCNS(=O)(=O)c2ccccc2)[C@@H]2CC[C@H]1O2. The zero-order valence-electron chi connectivity index (χ0n) is 18.1. The highest BCUT2D eigenvalue weighted by molar-refractivity contribution is 7.89. The summed E-state index contributed by atoms with van der Waals surface area (Å²) in [6.07, 6.45) is 9.01. The van der Waals surface area contributed by atoms with Gasteiger partial charge in [0.25, 0.3) is 0 Å². The Bertz CT molecular complexity index is 902. The van der Waals surface area contributed by atoms with Crippen molar-refractivity contribution in [1.29, 1.82) is 0 Å². The molecule has 9 heteroatoms. The van der Waals surface area contributed by atoms with E-state index in [4.69, 9.17) is 9.84 Å². The van der Waals surface area contributed by atoms with Gasteiger partial charge in [-0.05, 0) is 50.2 Å². The molecule has 3 N–H and O–H groups in total. The van der Waals surface area contributed by atoms with E-state index in [1.807, 2.05) is 6.08 Å². The van der Waals surface area contributed by atoms with Gasteiger partial charge >= 0.3 is 5.97 Å². The van der Waals surface area contributed by atoms with E-state index < -0.39 is 16.0 Å². The maximum atomic E-state index is 12.3. The number of carbonyl (C=O) groups excluding carboxylic acids is 1. The van der Waals surface area contributed by atoms with Crippen LogP contribution in [0.5, 0.6) is 0 Å². The molecule has 0 unspecified atom stereocenters. The first kappa shape index (κ1) is 24.4. The van der Waals surface area contributed by atoms with Crippen LogP contribution in [0.4, 0.5) is 0 Å². The minimum Gasteiger partial charge on any atom is -0.481 e. The van der Waals surface area contributed by atoms with Crippen molar-refractivity contribution >= 4 is 21.9 Å². The molecule has 0 spiro atoms. The number of amides is 1. The molecule has 2 aliphatic rings. The summed E-state index contributed by atoms with van der Waals surface area (Å²) in [5.74, 6) is -0.390. The van der Waals surface area contributed by atoms with Crippen LogP contribution in [0.1, 0.15) is 44.9 Å². The van der Waals surface area contributed by atoms with E-state index in [1.165, 1.54) is 12.1 Å². The van der Waals surface area contributed by atoms with Gasteiger partial charge in [-0.25, -0.2) is 13.1 Å². The lowest BCUT2D eigenvalue weighted by Crippen LogP contribution is -2.39. The van der Waals surface area contributed by atoms with E-state index in [0.717, 1.165) is 25.7 Å². The highest BCUT2D eigenvalue weighted by Crippen LogP contribution is 2.44. The van der Waals surface area contributed by atoms with Gasteiger partial charge in [-0.1, -0.05) is 30.4 Å². The largest absolute Gasteiger partial charge is 0.481 e. The zero-order chi connectivity index (χ0) is 23.0. The number of hydrogen-bond donors (Lipinski definition) is 3. The first-order valence-electron chi connectivity index (χ1n) is 11.2. The van der Waals surface area contributed by atoms with Gasteiger partial charge in [-0.15, -0.1) is 0 Å². The maximum Gasteiger partial charge on any atom is 0.303 e. The Morgan fingerprint density at radius 3 is 2.50 bits per heavy atom. The van der Waals surface area contributed by atoms with Gasteiger partial charge in [0.2, 0.25) is 15.9 Å². The van der Waals surface area contributed by atoms with Gasteiger partial charge in [0, 0.05) is 31.8 Å². The van der Waals surface area contributed by atoms with Crippen molar-refractivity contribution in [2.24, 2.45) is 11.8 Å². The Morgan fingerprint density at radius 1 is 1.06 bits per heavy atom. The van der Waals surface area contributed by atoms with Crippen LogP contribution in [0.25, 0.3) is 0 Å². The number of hydrogen-bond acceptors (Lipinski definition) is 5. The number of carboxylic acid groups (broad SMARTS) is 1. The van der Waals surface area contributed by atoms with E-state index in [2.05, 4.69) is 16.1 Å². The minimum atomic E-state index is -3.61. The minimum absolute atomic E-state index is 0.0405. The third-order valence-electron chi connectivity index (χ3n) is 6.16. The Hall–Kier alpha value is -2.23. The molecule has 0 aliphatic carbocycles. The number of sulfonamides is 1. The molecule has 2 saturated heterocycles. The lowest BCUT2D eigenvalue weighted by molar-refractivity contribution is -0.137. The molecule has 3 rings (SSSR count). The van der Waals surface area contributed by atoms with Crippen LogP contribution in [0.15, 0.2) is 47.4 Å². The second-order valence-electron chi connectivity index (χ2n) is 8.38. The average Bonchev–Trinajstić information content (AvgIpc) is 3.37. The summed E-state index contributed by atoms with van der Waals surface area (Å²) in [5.41, 5.74) is 0. The lowest BCUT2D eigenvalue weighted by atomic mass is 9.77. The maximum absolute atomic E-state index is 12.3. The molecule has 8 nitrogen and oxygen atoms in total. The van der Waals surface area contributed by atoms with E-state index in [9.17, 15) is 18.0 Å². The van der Waals surface area contributed by atoms with Crippen LogP contribution < -0.4 is 10.0 Å². The third-order valence-corrected chi connectivity index (χ3v) is 7.64. The van der Waals surface area contributed by atoms with Crippen molar-refractivity contribution in [3.8, 4) is 0 Å². The van der Waals surface area contributed by atoms with Crippen molar-refractivity contribution in [1.82, 2.24) is 10.0 Å². The molecular weight excluding hydrogens is 432 g/mol. The summed E-state index contributed by atoms with van der Waals surface area (Å²) in [7, 11) is -3.61. The molecule has 2 aliphatic heterocycles. The lowest BCUT2D eigenvalue weighted by Gasteiger charge is -2.27. The molecule has 2 heterocycles. The van der Waals surface area contributed by atoms with Crippen molar-refractivity contribution in [2.75, 3.05) is 13.1 Å². The number of benzene rings is 1. The van der Waals surface area contributed by atoms with Crippen molar-refractivity contribution in [3.63, 3.8) is 0 Å². The van der Waals surface area contributed by atoms with Gasteiger partial charge in [0.1, 0.15) is 0 Å². The van der Waals surface area contributed by atoms with Gasteiger partial charge in [-0.3, -0.25) is 9.59 Å². The van der Waals surface area contributed by atoms with Crippen LogP contribution in [-0.2, 0) is 24.3 Å². The monoisotopic (exact) mass is 464 g/mol. The molecule has 1 aromatic rings. The van der Waals surface area contributed by atoms with Gasteiger partial charge < -0.3 is 15.2 Å². The molecule has 32 heavy (non-hydrogen) atoms. The fourth-order valence-corrected chi connectivity index (χ4v) is 5.58. The van der Waals surface area contributed by atoms with Gasteiger partial charge in [0.05, 0.1) is 17.1 Å². The van der Waals surface area contributed by atoms with E-state index in [-0.39, 0.29) is 48.3 Å². The predicted octanol–water partition coefficient (Wildman–Crippen LogP) is 2.47. The number of fused-ring (bicyclic) bond motifs is 2. The number of carboxylic acids is 1. The fourth-order valence-electron chi connectivity index (χ4n) is 4.52. The molecule has 1 amide bonds. The quantitative estimate of drug-likeness (QED) is 0.305. The predicted molar refractivity (Wildman–Crippen MR) is 119 cm³/mol. The molecule has 2 bridgehead atoms. The van der Waals surface area contributed by atoms with E-state index in [0.29, 0.717) is 18.9 Å². The molecule has 0 aromatic heterocycles. The topological polar surface area (TPSA) is 122 Å². The smallest absolute Gasteiger partial charge is 0.303 e. The Morgan fingerprint density at radius 2 is 1.78 bits per heavy atom. The fraction of sp³-hybridized carbons (Fsp3) is 0.565. The average molecular weight is 465 g/mol. The first-order chi connectivity index (χ1) is 15.4. The zero-order valence-corrected chi connectivity index (χ0v) is 18.9. The molecular formula is C23H32N2O6S. The molecule has 4 atom stereocenters. The molecule has 0 radical (unpaired) electrons. The Balaban J connectivity index is 1.40. The molecule has 176 valence electrons. The highest BCUT2D eigenvalue weighted by Gasteiger charge is 2.47. The van der Waals surface area contributed by atoms with Crippen LogP contribution in [0.3, 0.4) is 0 Å². The summed E-state index contributed by atoms with van der Waals surface area (Å²) >= 11 is 0. The number of allylic oxidation sites excluding steroid dienone is 2. The van der Waals surface area contributed by atoms with Crippen LogP contribution in [0.2, 0.25) is 0 Å². The van der Waals surface area contributed by atoms with Crippen LogP contribution >= 0.6 is 0 Å². The summed E-state index contributed by atoms with van der Waals surface area (Å²) < 4.78 is 33.0. The summed E-state index contributed by atoms with van der Waals surface area (Å²) in [6.45, 7) is 0.557. The molecule has 1 aromatic carbocycles. The summed E-state index contributed by atoms with van der Waals surface area (Å²) in [6, 6.07) is 8.08. The second-order valence-corrected chi connectivity index (χ2v) is 10.1. The number of ether oxygens (including phenoxy) is 1. The number of nitrogens with one attached hydrogen (secondary N) is 2. The summed E-state index contributed by atoms with van der Waals surface area (Å²) in [4.78, 5) is 23.0. The van der Waals surface area contributed by atoms with Crippen LogP contribution in [-0.4, -0.2) is 50.7 Å². The summed E-state index contributed by atoms with van der Waals surface area (Å²) in [5, 5.41) is 11.6. The van der Waals surface area contributed by atoms with Gasteiger partial charge in [0.15, 0.2) is 0 Å².